The van der Waals surface area contributed by atoms with Crippen molar-refractivity contribution in [1.29, 1.82) is 0 Å². The fourth-order valence-corrected chi connectivity index (χ4v) is 0.143. The molecule has 0 aromatic rings. The first-order valence-corrected chi connectivity index (χ1v) is 4.87. The van der Waals surface area contributed by atoms with E-state index < -0.39 is 11.9 Å². The van der Waals surface area contributed by atoms with Crippen molar-refractivity contribution in [2.75, 3.05) is 13.2 Å². The second-order valence-corrected chi connectivity index (χ2v) is 2.27. The Morgan fingerprint density at radius 2 is 1.06 bits per heavy atom. The highest BCUT2D eigenvalue weighted by atomic mass is 16.4. The van der Waals surface area contributed by atoms with Crippen LogP contribution in [0.25, 0.3) is 0 Å². The molecule has 0 radical (unpaired) electrons. The summed E-state index contributed by atoms with van der Waals surface area (Å²) in [4.78, 5) is 19.1. The van der Waals surface area contributed by atoms with Gasteiger partial charge in [0.05, 0.1) is 13.2 Å². The number of hydrogen-bond acceptors (Lipinski definition) is 4. The van der Waals surface area contributed by atoms with Gasteiger partial charge in [-0.2, -0.15) is 0 Å². The molecule has 106 valence electrons. The highest BCUT2D eigenvalue weighted by Crippen LogP contribution is 1.70. The number of aliphatic hydroxyl groups is 2. The smallest absolute Gasteiger partial charge is 0.328 e. The highest BCUT2D eigenvalue weighted by Gasteiger charge is 1.88. The van der Waals surface area contributed by atoms with E-state index in [2.05, 4.69) is 13.2 Å². The van der Waals surface area contributed by atoms with Crippen molar-refractivity contribution in [3.05, 3.63) is 37.5 Å². The Bertz CT molecular complexity index is 209. The van der Waals surface area contributed by atoms with Gasteiger partial charge in [-0.25, -0.2) is 9.59 Å². The number of hydrogen-bond donors (Lipinski definition) is 4. The van der Waals surface area contributed by atoms with Crippen LogP contribution in [0.15, 0.2) is 37.5 Å². The minimum atomic E-state index is -1.26. The van der Waals surface area contributed by atoms with E-state index >= 15 is 0 Å². The number of aliphatic hydroxyl groups excluding tert-OH is 2. The summed E-state index contributed by atoms with van der Waals surface area (Å²) >= 11 is 0. The first-order chi connectivity index (χ1) is 8.37. The van der Waals surface area contributed by atoms with Gasteiger partial charge >= 0.3 is 11.9 Å². The molecule has 0 aliphatic heterocycles. The number of aliphatic carboxylic acids is 2. The van der Waals surface area contributed by atoms with Crippen LogP contribution in [0.1, 0.15) is 13.8 Å². The zero-order valence-electron chi connectivity index (χ0n) is 10.7. The van der Waals surface area contributed by atoms with E-state index in [-0.39, 0.29) is 13.2 Å². The van der Waals surface area contributed by atoms with Gasteiger partial charge in [-0.05, 0) is 13.8 Å². The monoisotopic (exact) mass is 262 g/mol. The second kappa shape index (κ2) is 29.4. The Kier molecular flexibility index (Phi) is 41.0. The lowest BCUT2D eigenvalue weighted by molar-refractivity contribution is -0.134. The number of carbonyl (C=O) groups is 2. The molecule has 0 amide bonds. The molecule has 0 fully saturated rings. The standard InChI is InChI=1S/C4H4O4.2C3H6.C2H6O2/c5-3(6)1-2-4(7)8;2*1-3-2;3-1-2-4/h1-2H,(H,5,6)(H,7,8);2*3H,1H2,2H3;3-4H,1-2H2/b2-1-;;;. The van der Waals surface area contributed by atoms with E-state index in [0.29, 0.717) is 12.2 Å². The summed E-state index contributed by atoms with van der Waals surface area (Å²) in [6.07, 6.45) is 4.62. The molecular weight excluding hydrogens is 240 g/mol. The van der Waals surface area contributed by atoms with Crippen LogP contribution in [-0.2, 0) is 9.59 Å². The molecule has 0 heterocycles. The van der Waals surface area contributed by atoms with Gasteiger partial charge in [0.15, 0.2) is 0 Å². The minimum absolute atomic E-state index is 0.125. The molecule has 0 unspecified atom stereocenters. The maximum atomic E-state index is 9.55. The van der Waals surface area contributed by atoms with E-state index in [1.807, 2.05) is 13.8 Å². The van der Waals surface area contributed by atoms with Gasteiger partial charge in [0.2, 0.25) is 0 Å². The maximum absolute atomic E-state index is 9.55. The van der Waals surface area contributed by atoms with Gasteiger partial charge < -0.3 is 20.4 Å². The zero-order chi connectivity index (χ0) is 15.4. The molecule has 0 aliphatic carbocycles. The summed E-state index contributed by atoms with van der Waals surface area (Å²) in [6.45, 7) is 10.2. The van der Waals surface area contributed by atoms with Crippen molar-refractivity contribution in [2.45, 2.75) is 13.8 Å². The summed E-state index contributed by atoms with van der Waals surface area (Å²) in [5, 5.41) is 30.9. The first kappa shape index (κ1) is 25.1. The molecule has 0 aromatic carbocycles. The topological polar surface area (TPSA) is 115 Å². The van der Waals surface area contributed by atoms with Crippen LogP contribution in [0.5, 0.6) is 0 Å². The summed E-state index contributed by atoms with van der Waals surface area (Å²) in [7, 11) is 0. The lowest BCUT2D eigenvalue weighted by atomic mass is 10.5. The fraction of sp³-hybridized carbons (Fsp3) is 0.333. The van der Waals surface area contributed by atoms with Gasteiger partial charge in [-0.3, -0.25) is 0 Å². The highest BCUT2D eigenvalue weighted by molar-refractivity contribution is 5.89. The van der Waals surface area contributed by atoms with Crippen molar-refractivity contribution in [2.24, 2.45) is 0 Å². The molecule has 6 nitrogen and oxygen atoms in total. The van der Waals surface area contributed by atoms with E-state index in [4.69, 9.17) is 20.4 Å². The number of carboxylic acids is 2. The molecule has 0 atom stereocenters. The van der Waals surface area contributed by atoms with Crippen LogP contribution in [0.3, 0.4) is 0 Å². The Morgan fingerprint density at radius 3 is 1.11 bits per heavy atom. The minimum Gasteiger partial charge on any atom is -0.478 e. The molecule has 18 heavy (non-hydrogen) atoms. The second-order valence-electron chi connectivity index (χ2n) is 2.27. The van der Waals surface area contributed by atoms with Crippen molar-refractivity contribution in [3.63, 3.8) is 0 Å². The Morgan fingerprint density at radius 1 is 0.889 bits per heavy atom. The molecule has 0 aromatic heterocycles. The van der Waals surface area contributed by atoms with E-state index in [0.717, 1.165) is 0 Å². The largest absolute Gasteiger partial charge is 0.478 e. The van der Waals surface area contributed by atoms with Crippen molar-refractivity contribution in [1.82, 2.24) is 0 Å². The fourth-order valence-electron chi connectivity index (χ4n) is 0.143. The third-order valence-corrected chi connectivity index (χ3v) is 0.468. The molecule has 0 saturated carbocycles. The molecule has 0 rings (SSSR count). The average Bonchev–Trinajstić information content (AvgIpc) is 2.29. The summed E-state index contributed by atoms with van der Waals surface area (Å²) < 4.78 is 0. The van der Waals surface area contributed by atoms with Gasteiger partial charge in [0.25, 0.3) is 0 Å². The third-order valence-electron chi connectivity index (χ3n) is 0.468. The van der Waals surface area contributed by atoms with Crippen LogP contribution in [0.2, 0.25) is 0 Å². The average molecular weight is 262 g/mol. The van der Waals surface area contributed by atoms with Crippen LogP contribution < -0.4 is 0 Å². The van der Waals surface area contributed by atoms with Gasteiger partial charge in [-0.1, -0.05) is 12.2 Å². The molecular formula is C12H22O6. The predicted octanol–water partition coefficient (Wildman–Crippen LogP) is 1.07. The summed E-state index contributed by atoms with van der Waals surface area (Å²) in [5.41, 5.74) is 0. The van der Waals surface area contributed by atoms with E-state index in [9.17, 15) is 9.59 Å². The quantitative estimate of drug-likeness (QED) is 0.446. The number of rotatable bonds is 3. The zero-order valence-corrected chi connectivity index (χ0v) is 10.7. The maximum Gasteiger partial charge on any atom is 0.328 e. The summed E-state index contributed by atoms with van der Waals surface area (Å²) in [6, 6.07) is 0. The molecule has 0 spiro atoms. The Hall–Kier alpha value is -1.92. The summed E-state index contributed by atoms with van der Waals surface area (Å²) in [5.74, 6) is -2.51. The third kappa shape index (κ3) is 145. The Balaban J connectivity index is -0.0000000827. The SMILES string of the molecule is C=CC.C=CC.O=C(O)/C=C\C(=O)O.OCCO. The van der Waals surface area contributed by atoms with Crippen LogP contribution in [-0.4, -0.2) is 45.6 Å². The molecule has 4 N–H and O–H groups in total. The van der Waals surface area contributed by atoms with Crippen molar-refractivity contribution in [3.8, 4) is 0 Å². The Labute approximate surface area is 107 Å². The van der Waals surface area contributed by atoms with E-state index in [1.165, 1.54) is 0 Å². The van der Waals surface area contributed by atoms with Gasteiger partial charge in [0, 0.05) is 12.2 Å². The first-order valence-electron chi connectivity index (χ1n) is 4.87. The number of carboxylic acid groups (broad SMARTS) is 2. The predicted molar refractivity (Wildman–Crippen MR) is 70.3 cm³/mol. The van der Waals surface area contributed by atoms with E-state index in [1.54, 1.807) is 12.2 Å². The van der Waals surface area contributed by atoms with Crippen molar-refractivity contribution >= 4 is 11.9 Å². The number of allylic oxidation sites excluding steroid dienone is 2. The lowest BCUT2D eigenvalue weighted by Crippen LogP contribution is -1.91. The van der Waals surface area contributed by atoms with Crippen molar-refractivity contribution < 1.29 is 30.0 Å². The molecule has 6 heteroatoms. The lowest BCUT2D eigenvalue weighted by Gasteiger charge is -1.74. The molecule has 0 saturated heterocycles. The van der Waals surface area contributed by atoms with Crippen LogP contribution in [0, 0.1) is 0 Å². The molecule has 0 aliphatic rings. The normalized spacial score (nSPS) is 7.33. The van der Waals surface area contributed by atoms with Crippen LogP contribution in [0.4, 0.5) is 0 Å². The van der Waals surface area contributed by atoms with Gasteiger partial charge in [0.1, 0.15) is 0 Å². The van der Waals surface area contributed by atoms with Crippen LogP contribution >= 0.6 is 0 Å². The van der Waals surface area contributed by atoms with Gasteiger partial charge in [-0.15, -0.1) is 13.2 Å². The molecule has 0 bridgehead atoms.